The number of alkyl carbamates (subject to hydrolysis) is 1. The van der Waals surface area contributed by atoms with Crippen LogP contribution in [0.2, 0.25) is 12.1 Å². The average Bonchev–Trinajstić information content (AvgIpc) is 4.11. The number of cyclic esters (lactones) is 2. The van der Waals surface area contributed by atoms with Gasteiger partial charge in [-0.25, -0.2) is 19.2 Å². The summed E-state index contributed by atoms with van der Waals surface area (Å²) < 4.78 is 60.4. The number of carbonyl (C=O) groups is 5. The number of hydrogen-bond donors (Lipinski definition) is 6. The van der Waals surface area contributed by atoms with Gasteiger partial charge in [-0.15, -0.1) is 0 Å². The van der Waals surface area contributed by atoms with Gasteiger partial charge in [-0.05, 0) is 113 Å². The van der Waals surface area contributed by atoms with Gasteiger partial charge in [-0.2, -0.15) is 0 Å². The smallest absolute Gasteiger partial charge is 0.502 e. The molecule has 4 aromatic rings. The van der Waals surface area contributed by atoms with E-state index in [1.165, 1.54) is 24.3 Å². The third-order valence-electron chi connectivity index (χ3n) is 12.0. The maximum absolute atomic E-state index is 12.3. The number of carbonyl (C=O) groups excluding carboxylic acids is 5. The van der Waals surface area contributed by atoms with E-state index in [1.807, 2.05) is 13.8 Å². The van der Waals surface area contributed by atoms with Gasteiger partial charge in [0.2, 0.25) is 5.91 Å². The molecule has 0 aliphatic carbocycles. The molecule has 0 spiro atoms. The van der Waals surface area contributed by atoms with E-state index in [9.17, 15) is 43.8 Å². The third kappa shape index (κ3) is 15.1. The topological polar surface area (TPSA) is 345 Å². The fraction of sp³-hybridized carbons (Fsp3) is 0.489. The molecule has 6 atom stereocenters. The van der Waals surface area contributed by atoms with E-state index >= 15 is 0 Å². The lowest BCUT2D eigenvalue weighted by Gasteiger charge is -2.26. The molecule has 7 heterocycles. The molecule has 75 heavy (non-hydrogen) atoms. The summed E-state index contributed by atoms with van der Waals surface area (Å²) in [6, 6.07) is 7.25. The van der Waals surface area contributed by atoms with E-state index in [0.717, 1.165) is 18.5 Å². The van der Waals surface area contributed by atoms with Crippen molar-refractivity contribution in [1.29, 1.82) is 0 Å². The fourth-order valence-electron chi connectivity index (χ4n) is 8.56. The van der Waals surface area contributed by atoms with Crippen molar-refractivity contribution in [1.82, 2.24) is 10.6 Å². The molecule has 2 amide bonds. The Labute approximate surface area is 456 Å². The van der Waals surface area contributed by atoms with Crippen LogP contribution < -0.4 is 33.4 Å². The van der Waals surface area contributed by atoms with Gasteiger partial charge in [0.25, 0.3) is 0 Å². The molecule has 30 heteroatoms. The first-order valence-corrected chi connectivity index (χ1v) is 28.6. The normalized spacial score (nSPS) is 26.2. The fourth-order valence-corrected chi connectivity index (χ4v) is 15.9. The number of amides is 2. The van der Waals surface area contributed by atoms with E-state index in [4.69, 9.17) is 56.3 Å². The Hall–Kier alpha value is -4.68. The molecule has 412 valence electrons. The van der Waals surface area contributed by atoms with Crippen molar-refractivity contribution in [2.75, 3.05) is 13.1 Å². The van der Waals surface area contributed by atoms with E-state index in [2.05, 4.69) is 61.1 Å². The van der Waals surface area contributed by atoms with E-state index in [0.29, 0.717) is 56.4 Å². The summed E-state index contributed by atoms with van der Waals surface area (Å²) in [5, 5.41) is 25.3. The number of phenolic OH excluding ortho intramolecular Hbond substituents is 2. The zero-order valence-corrected chi connectivity index (χ0v) is 45.0. The summed E-state index contributed by atoms with van der Waals surface area (Å²) in [5.41, 5.74) is 11.0. The van der Waals surface area contributed by atoms with Crippen LogP contribution in [0.3, 0.4) is 0 Å². The zero-order chi connectivity index (χ0) is 52.9. The number of fused-ring (bicyclic) bond motifs is 6. The van der Waals surface area contributed by atoms with E-state index in [-0.39, 0.29) is 101 Å². The van der Waals surface area contributed by atoms with Crippen molar-refractivity contribution in [2.45, 2.75) is 127 Å². The number of halogens is 2. The molecule has 2 aromatic carbocycles. The monoisotopic (exact) mass is 1250 g/mol. The number of rotatable bonds is 16. The molecule has 2 aromatic heterocycles. The van der Waals surface area contributed by atoms with Crippen molar-refractivity contribution >= 4 is 123 Å². The predicted molar refractivity (Wildman–Crippen MR) is 286 cm³/mol. The zero-order valence-electron chi connectivity index (χ0n) is 39.8. The number of aromatic hydroxyl groups is 2. The van der Waals surface area contributed by atoms with Crippen molar-refractivity contribution in [3.05, 3.63) is 77.3 Å². The summed E-state index contributed by atoms with van der Waals surface area (Å²) >= 11 is 6.35. The molecule has 5 aliphatic heterocycles. The Morgan fingerprint density at radius 2 is 1.16 bits per heavy atom. The molecule has 5 unspecified atom stereocenters. The molecule has 8 N–H and O–H groups in total. The first kappa shape index (κ1) is 61.2. The molecule has 0 saturated carbocycles. The van der Waals surface area contributed by atoms with Crippen LogP contribution >= 0.6 is 31.9 Å². The van der Waals surface area contributed by atoms with Crippen LogP contribution in [-0.4, -0.2) is 141 Å². The predicted octanol–water partition coefficient (Wildman–Crippen LogP) is 0.612. The van der Waals surface area contributed by atoms with Crippen molar-refractivity contribution in [3.8, 4) is 11.5 Å². The minimum Gasteiger partial charge on any atom is -0.507 e. The number of phenols is 2. The average molecular weight is 1250 g/mol. The van der Waals surface area contributed by atoms with Gasteiger partial charge < -0.3 is 81.9 Å². The Morgan fingerprint density at radius 1 is 0.707 bits per heavy atom. The first-order chi connectivity index (χ1) is 34.6. The summed E-state index contributed by atoms with van der Waals surface area (Å²) in [7, 11) is -4.92. The highest BCUT2D eigenvalue weighted by Crippen LogP contribution is 2.41. The van der Waals surface area contributed by atoms with Gasteiger partial charge >= 0.3 is 52.9 Å². The van der Waals surface area contributed by atoms with Gasteiger partial charge in [-0.3, -0.25) is 14.4 Å². The Kier molecular flexibility index (Phi) is 21.3. The first-order valence-electron chi connectivity index (χ1n) is 23.1. The van der Waals surface area contributed by atoms with Crippen molar-refractivity contribution < 1.29 is 83.8 Å². The lowest BCUT2D eigenvalue weighted by atomic mass is 10.1. The van der Waals surface area contributed by atoms with Crippen LogP contribution in [0.1, 0.15) is 64.5 Å². The lowest BCUT2D eigenvalue weighted by Crippen LogP contribution is -2.45. The molecular formula is C45H62Br2N4O20Si4. The Bertz CT molecular complexity index is 2860. The quantitative estimate of drug-likeness (QED) is 0.0224. The minimum atomic E-state index is -2.66. The highest BCUT2D eigenvalue weighted by molar-refractivity contribution is 9.11. The summed E-state index contributed by atoms with van der Waals surface area (Å²) in [6.45, 7) is 8.59. The van der Waals surface area contributed by atoms with Crippen LogP contribution in [0.4, 0.5) is 4.79 Å². The second-order valence-electron chi connectivity index (χ2n) is 17.6. The van der Waals surface area contributed by atoms with Crippen LogP contribution in [0.25, 0.3) is 21.9 Å². The number of nitrogens with two attached hydrogens (primary N) is 2. The van der Waals surface area contributed by atoms with Gasteiger partial charge in [-0.1, -0.05) is 0 Å². The number of ether oxygens (including phenoxy) is 3. The summed E-state index contributed by atoms with van der Waals surface area (Å²) in [4.78, 5) is 81.9. The van der Waals surface area contributed by atoms with Crippen LogP contribution in [0.15, 0.2) is 63.8 Å². The van der Waals surface area contributed by atoms with Gasteiger partial charge in [0.05, 0.1) is 64.5 Å². The molecule has 24 nitrogen and oxygen atoms in total. The minimum absolute atomic E-state index is 0. The summed E-state index contributed by atoms with van der Waals surface area (Å²) in [6.07, 6.45) is 0.426. The molecule has 4 bridgehead atoms. The van der Waals surface area contributed by atoms with Crippen molar-refractivity contribution in [3.63, 3.8) is 0 Å². The highest BCUT2D eigenvalue weighted by atomic mass is 79.9. The Morgan fingerprint density at radius 3 is 1.59 bits per heavy atom. The number of esters is 3. The van der Waals surface area contributed by atoms with Gasteiger partial charge in [0.1, 0.15) is 41.9 Å². The summed E-state index contributed by atoms with van der Waals surface area (Å²) in [5.74, 6) is -3.00. The van der Waals surface area contributed by atoms with Gasteiger partial charge in [0, 0.05) is 64.8 Å². The lowest BCUT2D eigenvalue weighted by molar-refractivity contribution is -0.148. The molecule has 9 rings (SSSR count). The standard InChI is InChI=1S/C22H27BrN2O9Si.C15H10BrNO8.C8H17NO3Si.2H4Si/c1-11-21-12(2)33-35(32-11,34-21)5-3-4-25-22(29)16(24)8-19(27)30-10-13-6-20(28)31-18-9-17(26)15(23)7-14(13)18;16-8-2-7-6(1-13(20)24-11(7)4-10(8)18)5-23-12(19)3-9-14(21)25-15(22)17-9;1-6-8-7(2)11-13(10-6,12-8)5-3-4-9;;/h6-7,9,11-12,16,21,26H,3-5,8,10,24H2,1-2H3,(H,25,29);1-2,4,9,18H,3,5H2,(H,17,22);6-8H,3-5,9H2,1-2H3;2*1H4/t11?,12?,16-,21?,35?;;;;/m1..../s1. The third-order valence-corrected chi connectivity index (χ3v) is 19.4. The molecule has 5 aliphatic rings. The van der Waals surface area contributed by atoms with Crippen LogP contribution in [0.5, 0.6) is 11.5 Å². The molecule has 0 radical (unpaired) electrons. The van der Waals surface area contributed by atoms with E-state index < -0.39 is 77.3 Å². The van der Waals surface area contributed by atoms with Gasteiger partial charge in [0.15, 0.2) is 0 Å². The molecule has 5 fully saturated rings. The number of hydrogen-bond acceptors (Lipinski definition) is 22. The second-order valence-corrected chi connectivity index (χ2v) is 24.5. The van der Waals surface area contributed by atoms with Crippen LogP contribution in [-0.2, 0) is 73.2 Å². The number of benzene rings is 2. The van der Waals surface area contributed by atoms with Crippen LogP contribution in [0, 0.1) is 0 Å². The highest BCUT2D eigenvalue weighted by Gasteiger charge is 2.61. The Balaban J connectivity index is 0.000000226. The van der Waals surface area contributed by atoms with E-state index in [1.54, 1.807) is 6.07 Å². The second kappa shape index (κ2) is 26.1. The number of nitrogens with one attached hydrogen (secondary N) is 2. The molecule has 5 saturated heterocycles. The maximum Gasteiger partial charge on any atom is 0.502 e. The largest absolute Gasteiger partial charge is 0.507 e. The molecular weight excluding hydrogens is 1190 g/mol. The van der Waals surface area contributed by atoms with Crippen molar-refractivity contribution in [2.24, 2.45) is 11.5 Å². The SMILES string of the molecule is CC1O[Si]2(CCCN)OC(C)C1O2.CC1O[Si]2(CCCNC(=O)[C@H](N)CC(=O)OCc3cc(=O)oc4cc(O)c(Br)cc34)OC(C)C1O2.O=C(CC1NC(=O)OC1=O)OCc1cc(=O)oc2cc(O)c(Br)cc12.[SiH4].[SiH4]. The maximum atomic E-state index is 12.3.